The molecule has 5 rings (SSSR count). The van der Waals surface area contributed by atoms with Crippen LogP contribution in [0.25, 0.3) is 22.0 Å². The summed E-state index contributed by atoms with van der Waals surface area (Å²) in [6.07, 6.45) is 4.08. The Kier molecular flexibility index (Phi) is 7.53. The van der Waals surface area contributed by atoms with E-state index in [1.54, 1.807) is 18.2 Å². The fourth-order valence-electron chi connectivity index (χ4n) is 4.44. The number of carbonyl (C=O) groups is 2. The standard InChI is InChI=1S/C17H20N2O2.C13H13NO2/c1-17(2,3)21-16(20)19-15-10-9-13(11-14(15)18)12-7-5-4-6-8-12;15-13(16)8-5-6-12-10(7-8)9-3-1-2-4-11(9)14-12/h4-11H,18H2,1-3H3,(H,19,20);5-7,14H,1-4H2,(H,15,16). The highest BCUT2D eigenvalue weighted by molar-refractivity contribution is 5.95. The van der Waals surface area contributed by atoms with Crippen molar-refractivity contribution < 1.29 is 19.4 Å². The summed E-state index contributed by atoms with van der Waals surface area (Å²) < 4.78 is 5.21. The molecule has 0 spiro atoms. The quantitative estimate of drug-likeness (QED) is 0.226. The number of nitrogens with two attached hydrogens (primary N) is 1. The van der Waals surface area contributed by atoms with Gasteiger partial charge in [0.25, 0.3) is 0 Å². The first-order valence-electron chi connectivity index (χ1n) is 12.4. The Bertz CT molecular complexity index is 1420. The molecular weight excluding hydrogens is 466 g/mol. The van der Waals surface area contributed by atoms with E-state index < -0.39 is 17.7 Å². The summed E-state index contributed by atoms with van der Waals surface area (Å²) in [4.78, 5) is 26.1. The zero-order valence-corrected chi connectivity index (χ0v) is 21.4. The lowest BCUT2D eigenvalue weighted by Gasteiger charge is -2.20. The Morgan fingerprint density at radius 3 is 2.35 bits per heavy atom. The Morgan fingerprint density at radius 2 is 1.68 bits per heavy atom. The van der Waals surface area contributed by atoms with E-state index in [0.717, 1.165) is 34.9 Å². The topological polar surface area (TPSA) is 117 Å². The maximum absolute atomic E-state index is 11.7. The molecule has 3 aromatic carbocycles. The van der Waals surface area contributed by atoms with Crippen molar-refractivity contribution in [3.8, 4) is 11.1 Å². The number of amides is 1. The van der Waals surface area contributed by atoms with Gasteiger partial charge in [0.15, 0.2) is 0 Å². The number of H-pyrrole nitrogens is 1. The first-order valence-corrected chi connectivity index (χ1v) is 12.4. The van der Waals surface area contributed by atoms with Crippen molar-refractivity contribution in [1.82, 2.24) is 4.98 Å². The predicted molar refractivity (Wildman–Crippen MR) is 148 cm³/mol. The van der Waals surface area contributed by atoms with Crippen molar-refractivity contribution in [2.75, 3.05) is 11.1 Å². The minimum Gasteiger partial charge on any atom is -0.478 e. The van der Waals surface area contributed by atoms with Crippen LogP contribution in [-0.4, -0.2) is 27.8 Å². The number of nitrogen functional groups attached to an aromatic ring is 1. The van der Waals surface area contributed by atoms with E-state index in [9.17, 15) is 9.59 Å². The summed E-state index contributed by atoms with van der Waals surface area (Å²) in [6.45, 7) is 5.44. The number of hydrogen-bond acceptors (Lipinski definition) is 4. The monoisotopic (exact) mass is 499 g/mol. The van der Waals surface area contributed by atoms with Crippen LogP contribution < -0.4 is 11.1 Å². The second-order valence-corrected chi connectivity index (χ2v) is 10.1. The van der Waals surface area contributed by atoms with Crippen LogP contribution in [0.15, 0.2) is 66.7 Å². The van der Waals surface area contributed by atoms with Crippen LogP contribution in [0.2, 0.25) is 0 Å². The molecule has 0 radical (unpaired) electrons. The highest BCUT2D eigenvalue weighted by Gasteiger charge is 2.18. The number of anilines is 2. The fraction of sp³-hybridized carbons (Fsp3) is 0.267. The largest absolute Gasteiger partial charge is 0.478 e. The zero-order chi connectivity index (χ0) is 26.6. The summed E-state index contributed by atoms with van der Waals surface area (Å²) in [5.41, 5.74) is 12.6. The van der Waals surface area contributed by atoms with Crippen molar-refractivity contribution in [2.45, 2.75) is 52.1 Å². The first-order chi connectivity index (χ1) is 17.6. The fourth-order valence-corrected chi connectivity index (χ4v) is 4.44. The molecule has 1 amide bonds. The summed E-state index contributed by atoms with van der Waals surface area (Å²) in [7, 11) is 0. The number of carboxylic acid groups (broad SMARTS) is 1. The van der Waals surface area contributed by atoms with Crippen molar-refractivity contribution in [1.29, 1.82) is 0 Å². The molecule has 1 heterocycles. The molecule has 0 saturated carbocycles. The van der Waals surface area contributed by atoms with Gasteiger partial charge in [-0.25, -0.2) is 9.59 Å². The van der Waals surface area contributed by atoms with Crippen LogP contribution in [0.1, 0.15) is 55.2 Å². The maximum Gasteiger partial charge on any atom is 0.412 e. The lowest BCUT2D eigenvalue weighted by molar-refractivity contribution is 0.0634. The summed E-state index contributed by atoms with van der Waals surface area (Å²) >= 11 is 0. The van der Waals surface area contributed by atoms with Gasteiger partial charge in [0.05, 0.1) is 16.9 Å². The lowest BCUT2D eigenvalue weighted by Crippen LogP contribution is -2.27. The van der Waals surface area contributed by atoms with Gasteiger partial charge in [-0.2, -0.15) is 0 Å². The molecule has 0 fully saturated rings. The molecule has 0 saturated heterocycles. The molecule has 0 aliphatic heterocycles. The molecule has 4 aromatic rings. The Hall–Kier alpha value is -4.26. The van der Waals surface area contributed by atoms with Crippen LogP contribution in [0.3, 0.4) is 0 Å². The number of aromatic nitrogens is 1. The Balaban J connectivity index is 0.000000179. The number of aromatic carboxylic acids is 1. The molecule has 37 heavy (non-hydrogen) atoms. The number of fused-ring (bicyclic) bond motifs is 3. The zero-order valence-electron chi connectivity index (χ0n) is 21.4. The normalized spacial score (nSPS) is 12.7. The highest BCUT2D eigenvalue weighted by Crippen LogP contribution is 2.30. The number of hydrogen-bond donors (Lipinski definition) is 4. The number of aromatic amines is 1. The van der Waals surface area contributed by atoms with Crippen molar-refractivity contribution in [3.05, 3.63) is 83.6 Å². The molecule has 7 nitrogen and oxygen atoms in total. The number of ether oxygens (including phenoxy) is 1. The van der Waals surface area contributed by atoms with Gasteiger partial charge in [-0.15, -0.1) is 0 Å². The van der Waals surface area contributed by atoms with Crippen molar-refractivity contribution in [3.63, 3.8) is 0 Å². The number of rotatable bonds is 3. The van der Waals surface area contributed by atoms with Crippen molar-refractivity contribution >= 4 is 34.3 Å². The molecule has 192 valence electrons. The smallest absolute Gasteiger partial charge is 0.412 e. The van der Waals surface area contributed by atoms with Gasteiger partial charge in [0.2, 0.25) is 0 Å². The minimum atomic E-state index is -0.854. The molecule has 7 heteroatoms. The molecule has 0 atom stereocenters. The van der Waals surface area contributed by atoms with Crippen LogP contribution in [0.5, 0.6) is 0 Å². The van der Waals surface area contributed by atoms with E-state index in [1.165, 1.54) is 24.1 Å². The maximum atomic E-state index is 11.7. The minimum absolute atomic E-state index is 0.375. The third-order valence-corrected chi connectivity index (χ3v) is 6.14. The third-order valence-electron chi connectivity index (χ3n) is 6.14. The molecule has 1 aromatic heterocycles. The Morgan fingerprint density at radius 1 is 0.946 bits per heavy atom. The van der Waals surface area contributed by atoms with Gasteiger partial charge in [-0.3, -0.25) is 5.32 Å². The SMILES string of the molecule is CC(C)(C)OC(=O)Nc1ccc(-c2ccccc2)cc1N.O=C(O)c1ccc2[nH]c3c(c2c1)CCCC3. The summed E-state index contributed by atoms with van der Waals surface area (Å²) in [5.74, 6) is -0.854. The molecule has 1 aliphatic rings. The van der Waals surface area contributed by atoms with Crippen molar-refractivity contribution in [2.24, 2.45) is 0 Å². The molecule has 1 aliphatic carbocycles. The second-order valence-electron chi connectivity index (χ2n) is 10.1. The van der Waals surface area contributed by atoms with Gasteiger partial charge in [-0.1, -0.05) is 36.4 Å². The van der Waals surface area contributed by atoms with Crippen LogP contribution in [-0.2, 0) is 17.6 Å². The molecular formula is C30H33N3O4. The number of nitrogens with one attached hydrogen (secondary N) is 2. The first kappa shape index (κ1) is 25.8. The van der Waals surface area contributed by atoms with Gasteiger partial charge < -0.3 is 20.6 Å². The van der Waals surface area contributed by atoms with E-state index in [-0.39, 0.29) is 0 Å². The average Bonchev–Trinajstić information content (AvgIpc) is 3.23. The summed E-state index contributed by atoms with van der Waals surface area (Å²) in [5, 5.41) is 12.7. The van der Waals surface area contributed by atoms with E-state index >= 15 is 0 Å². The van der Waals surface area contributed by atoms with Gasteiger partial charge in [-0.05, 0) is 93.5 Å². The van der Waals surface area contributed by atoms with Crippen LogP contribution >= 0.6 is 0 Å². The lowest BCUT2D eigenvalue weighted by atomic mass is 9.95. The van der Waals surface area contributed by atoms with E-state index in [4.69, 9.17) is 15.6 Å². The predicted octanol–water partition coefficient (Wildman–Crippen LogP) is 7.03. The number of benzene rings is 3. The number of carbonyl (C=O) groups excluding carboxylic acids is 1. The average molecular weight is 500 g/mol. The highest BCUT2D eigenvalue weighted by atomic mass is 16.6. The number of aryl methyl sites for hydroxylation is 2. The van der Waals surface area contributed by atoms with E-state index in [0.29, 0.717) is 16.9 Å². The van der Waals surface area contributed by atoms with E-state index in [1.807, 2.05) is 69.3 Å². The van der Waals surface area contributed by atoms with Gasteiger partial charge in [0.1, 0.15) is 5.60 Å². The summed E-state index contributed by atoms with van der Waals surface area (Å²) in [6, 6.07) is 20.8. The second kappa shape index (κ2) is 10.8. The number of carboxylic acids is 1. The van der Waals surface area contributed by atoms with Crippen LogP contribution in [0, 0.1) is 0 Å². The van der Waals surface area contributed by atoms with Gasteiger partial charge in [0, 0.05) is 16.6 Å². The molecule has 0 unspecified atom stereocenters. The third kappa shape index (κ3) is 6.50. The van der Waals surface area contributed by atoms with Crippen LogP contribution in [0.4, 0.5) is 16.2 Å². The Labute approximate surface area is 216 Å². The van der Waals surface area contributed by atoms with Gasteiger partial charge >= 0.3 is 12.1 Å². The van der Waals surface area contributed by atoms with E-state index in [2.05, 4.69) is 10.3 Å². The molecule has 0 bridgehead atoms. The molecule has 5 N–H and O–H groups in total.